The number of nitrogens with one attached hydrogen (secondary N) is 1. The number of rotatable bonds is 7. The first-order valence-electron chi connectivity index (χ1n) is 9.25. The number of aromatic nitrogens is 1. The van der Waals surface area contributed by atoms with E-state index in [9.17, 15) is 0 Å². The lowest BCUT2D eigenvalue weighted by Crippen LogP contribution is -1.97. The van der Waals surface area contributed by atoms with Crippen molar-refractivity contribution in [2.24, 2.45) is 5.10 Å². The van der Waals surface area contributed by atoms with Crippen LogP contribution in [0.3, 0.4) is 0 Å². The number of thiazole rings is 1. The third kappa shape index (κ3) is 5.86. The first-order chi connectivity index (χ1) is 15.1. The lowest BCUT2D eigenvalue weighted by Gasteiger charge is -2.09. The van der Waals surface area contributed by atoms with Crippen molar-refractivity contribution in [3.05, 3.63) is 97.8 Å². The molecule has 4 rings (SSSR count). The topological polar surface area (TPSA) is 46.5 Å². The summed E-state index contributed by atoms with van der Waals surface area (Å²) in [5.41, 5.74) is 6.65. The van der Waals surface area contributed by atoms with E-state index in [1.54, 1.807) is 18.3 Å². The molecule has 4 aromatic rings. The van der Waals surface area contributed by atoms with Gasteiger partial charge in [0, 0.05) is 31.0 Å². The lowest BCUT2D eigenvalue weighted by atomic mass is 10.2. The molecular weight excluding hydrogens is 517 g/mol. The summed E-state index contributed by atoms with van der Waals surface area (Å²) in [6, 6.07) is 21.0. The second-order valence-corrected chi connectivity index (χ2v) is 9.06. The van der Waals surface area contributed by atoms with E-state index in [1.807, 2.05) is 60.0 Å². The molecule has 0 bridgehead atoms. The summed E-state index contributed by atoms with van der Waals surface area (Å²) in [5.74, 6) is 0.722. The summed E-state index contributed by atoms with van der Waals surface area (Å²) < 4.78 is 6.83. The molecule has 0 saturated heterocycles. The molecule has 1 aromatic heterocycles. The van der Waals surface area contributed by atoms with E-state index in [4.69, 9.17) is 27.9 Å². The Kier molecular flexibility index (Phi) is 7.25. The fraction of sp³-hybridized carbons (Fsp3) is 0.0435. The maximum absolute atomic E-state index is 6.18. The zero-order valence-corrected chi connectivity index (χ0v) is 20.0. The molecule has 0 unspecified atom stereocenters. The van der Waals surface area contributed by atoms with Crippen LogP contribution in [0.2, 0.25) is 10.0 Å². The maximum Gasteiger partial charge on any atom is 0.203 e. The minimum absolute atomic E-state index is 0.304. The minimum Gasteiger partial charge on any atom is -0.489 e. The first kappa shape index (κ1) is 21.8. The van der Waals surface area contributed by atoms with Crippen molar-refractivity contribution in [3.63, 3.8) is 0 Å². The van der Waals surface area contributed by atoms with Crippen LogP contribution in [0.25, 0.3) is 11.3 Å². The molecule has 0 radical (unpaired) electrons. The number of benzene rings is 3. The van der Waals surface area contributed by atoms with Crippen molar-refractivity contribution >= 4 is 61.8 Å². The molecule has 0 spiro atoms. The standard InChI is InChI=1S/C23H16BrCl2N3OS/c24-17-8-6-16(7-9-17)22-14-31-23(28-22)29-27-12-15-4-10-18(11-5-15)30-13-19-20(25)2-1-3-21(19)26/h1-12,14H,13H2,(H,28,29). The first-order valence-corrected chi connectivity index (χ1v) is 11.7. The van der Waals surface area contributed by atoms with Gasteiger partial charge in [0.15, 0.2) is 0 Å². The zero-order valence-electron chi connectivity index (χ0n) is 16.1. The predicted molar refractivity (Wildman–Crippen MR) is 134 cm³/mol. The molecule has 3 aromatic carbocycles. The van der Waals surface area contributed by atoms with Crippen LogP contribution in [-0.2, 0) is 6.61 Å². The molecule has 1 N–H and O–H groups in total. The summed E-state index contributed by atoms with van der Waals surface area (Å²) in [6.45, 7) is 0.304. The van der Waals surface area contributed by atoms with Gasteiger partial charge < -0.3 is 4.74 Å². The van der Waals surface area contributed by atoms with Gasteiger partial charge in [-0.1, -0.05) is 57.3 Å². The van der Waals surface area contributed by atoms with E-state index >= 15 is 0 Å². The smallest absolute Gasteiger partial charge is 0.203 e. The highest BCUT2D eigenvalue weighted by molar-refractivity contribution is 9.10. The van der Waals surface area contributed by atoms with Crippen LogP contribution in [0.15, 0.2) is 81.7 Å². The second-order valence-electron chi connectivity index (χ2n) is 6.47. The van der Waals surface area contributed by atoms with Gasteiger partial charge in [0.1, 0.15) is 12.4 Å². The van der Waals surface area contributed by atoms with E-state index in [0.29, 0.717) is 16.7 Å². The fourth-order valence-electron chi connectivity index (χ4n) is 2.72. The molecule has 0 amide bonds. The lowest BCUT2D eigenvalue weighted by molar-refractivity contribution is 0.306. The van der Waals surface area contributed by atoms with Gasteiger partial charge >= 0.3 is 0 Å². The van der Waals surface area contributed by atoms with Gasteiger partial charge in [0.2, 0.25) is 5.13 Å². The van der Waals surface area contributed by atoms with Crippen LogP contribution in [0.1, 0.15) is 11.1 Å². The monoisotopic (exact) mass is 531 g/mol. The van der Waals surface area contributed by atoms with Gasteiger partial charge in [-0.15, -0.1) is 11.3 Å². The van der Waals surface area contributed by atoms with Crippen molar-refractivity contribution in [2.75, 3.05) is 5.43 Å². The summed E-state index contributed by atoms with van der Waals surface area (Å²) in [7, 11) is 0. The predicted octanol–water partition coefficient (Wildman–Crippen LogP) is 7.90. The van der Waals surface area contributed by atoms with Crippen LogP contribution < -0.4 is 10.2 Å². The summed E-state index contributed by atoms with van der Waals surface area (Å²) in [6.07, 6.45) is 1.73. The molecule has 31 heavy (non-hydrogen) atoms. The molecule has 0 aliphatic carbocycles. The highest BCUT2D eigenvalue weighted by atomic mass is 79.9. The number of hydrogen-bond acceptors (Lipinski definition) is 5. The molecule has 0 aliphatic rings. The van der Waals surface area contributed by atoms with Gasteiger partial charge in [-0.25, -0.2) is 4.98 Å². The Hall–Kier alpha value is -2.38. The molecule has 0 aliphatic heterocycles. The molecule has 8 heteroatoms. The Labute approximate surface area is 202 Å². The summed E-state index contributed by atoms with van der Waals surface area (Å²) >= 11 is 17.3. The van der Waals surface area contributed by atoms with E-state index in [2.05, 4.69) is 31.4 Å². The summed E-state index contributed by atoms with van der Waals surface area (Å²) in [5, 5.41) is 8.18. The molecule has 1 heterocycles. The van der Waals surface area contributed by atoms with Crippen molar-refractivity contribution in [1.29, 1.82) is 0 Å². The quantitative estimate of drug-likeness (QED) is 0.194. The van der Waals surface area contributed by atoms with Crippen LogP contribution in [0.4, 0.5) is 5.13 Å². The maximum atomic E-state index is 6.18. The normalized spacial score (nSPS) is 11.1. The largest absolute Gasteiger partial charge is 0.489 e. The number of ether oxygens (including phenoxy) is 1. The zero-order chi connectivity index (χ0) is 21.6. The highest BCUT2D eigenvalue weighted by Crippen LogP contribution is 2.27. The van der Waals surface area contributed by atoms with Crippen LogP contribution in [0.5, 0.6) is 5.75 Å². The Balaban J connectivity index is 1.32. The second kappa shape index (κ2) is 10.3. The van der Waals surface area contributed by atoms with E-state index < -0.39 is 0 Å². The Morgan fingerprint density at radius 3 is 2.42 bits per heavy atom. The van der Waals surface area contributed by atoms with Crippen molar-refractivity contribution < 1.29 is 4.74 Å². The van der Waals surface area contributed by atoms with Crippen molar-refractivity contribution in [3.8, 4) is 17.0 Å². The number of nitrogens with zero attached hydrogens (tertiary/aromatic N) is 2. The molecule has 0 atom stereocenters. The van der Waals surface area contributed by atoms with Gasteiger partial charge in [0.25, 0.3) is 0 Å². The Bertz CT molecular complexity index is 1170. The SMILES string of the molecule is Clc1cccc(Cl)c1COc1ccc(C=NNc2nc(-c3ccc(Br)cc3)cs2)cc1. The van der Waals surface area contributed by atoms with E-state index in [1.165, 1.54) is 11.3 Å². The summed E-state index contributed by atoms with van der Waals surface area (Å²) in [4.78, 5) is 4.56. The minimum atomic E-state index is 0.304. The molecule has 156 valence electrons. The van der Waals surface area contributed by atoms with Gasteiger partial charge in [-0.05, 0) is 54.1 Å². The fourth-order valence-corrected chi connectivity index (χ4v) is 4.16. The van der Waals surface area contributed by atoms with Crippen molar-refractivity contribution in [1.82, 2.24) is 4.98 Å². The molecule has 0 fully saturated rings. The number of hydrogen-bond donors (Lipinski definition) is 1. The molecule has 0 saturated carbocycles. The Morgan fingerprint density at radius 1 is 1.00 bits per heavy atom. The Morgan fingerprint density at radius 2 is 1.71 bits per heavy atom. The van der Waals surface area contributed by atoms with E-state index in [-0.39, 0.29) is 0 Å². The van der Waals surface area contributed by atoms with Crippen LogP contribution >= 0.6 is 50.5 Å². The average molecular weight is 533 g/mol. The number of halogens is 3. The van der Waals surface area contributed by atoms with Gasteiger partial charge in [-0.2, -0.15) is 5.10 Å². The van der Waals surface area contributed by atoms with Crippen LogP contribution in [-0.4, -0.2) is 11.2 Å². The van der Waals surface area contributed by atoms with Gasteiger partial charge in [0.05, 0.1) is 11.9 Å². The third-order valence-corrected chi connectivity index (χ3v) is 6.33. The third-order valence-electron chi connectivity index (χ3n) is 4.34. The number of hydrazone groups is 1. The average Bonchev–Trinajstić information content (AvgIpc) is 3.24. The van der Waals surface area contributed by atoms with Gasteiger partial charge in [-0.3, -0.25) is 5.43 Å². The number of anilines is 1. The molecular formula is C23H16BrCl2N3OS. The van der Waals surface area contributed by atoms with Crippen LogP contribution in [0, 0.1) is 0 Å². The highest BCUT2D eigenvalue weighted by Gasteiger charge is 2.06. The van der Waals surface area contributed by atoms with E-state index in [0.717, 1.165) is 37.7 Å². The van der Waals surface area contributed by atoms with Crippen molar-refractivity contribution in [2.45, 2.75) is 6.61 Å². The molecule has 4 nitrogen and oxygen atoms in total.